The van der Waals surface area contributed by atoms with Crippen molar-refractivity contribution in [3.63, 3.8) is 0 Å². The van der Waals surface area contributed by atoms with Crippen molar-refractivity contribution in [1.82, 2.24) is 24.3 Å². The van der Waals surface area contributed by atoms with Crippen LogP contribution in [0.2, 0.25) is 0 Å². The summed E-state index contributed by atoms with van der Waals surface area (Å²) < 4.78 is 46.0. The molecule has 53 heavy (non-hydrogen) atoms. The maximum Gasteiger partial charge on any atom is 0.573 e. The van der Waals surface area contributed by atoms with Crippen LogP contribution in [0.4, 0.5) is 19.0 Å². The Bertz CT molecular complexity index is 1960. The van der Waals surface area contributed by atoms with E-state index in [1.807, 2.05) is 58.0 Å². The maximum atomic E-state index is 14.7. The van der Waals surface area contributed by atoms with E-state index >= 15 is 0 Å². The fourth-order valence-electron chi connectivity index (χ4n) is 7.79. The van der Waals surface area contributed by atoms with Gasteiger partial charge in [0.1, 0.15) is 28.8 Å². The number of piperidine rings is 1. The molecule has 2 saturated heterocycles. The predicted molar refractivity (Wildman–Crippen MR) is 198 cm³/mol. The van der Waals surface area contributed by atoms with Gasteiger partial charge in [-0.2, -0.15) is 0 Å². The number of alkyl halides is 3. The number of anilines is 1. The van der Waals surface area contributed by atoms with E-state index in [2.05, 4.69) is 38.8 Å². The number of amides is 1. The van der Waals surface area contributed by atoms with E-state index in [1.54, 1.807) is 12.3 Å². The van der Waals surface area contributed by atoms with Crippen molar-refractivity contribution in [1.29, 1.82) is 0 Å². The molecule has 0 N–H and O–H groups in total. The van der Waals surface area contributed by atoms with Gasteiger partial charge >= 0.3 is 6.36 Å². The lowest BCUT2D eigenvalue weighted by Crippen LogP contribution is -2.46. The Balaban J connectivity index is 1.16. The summed E-state index contributed by atoms with van der Waals surface area (Å²) in [5.74, 6) is 0.787. The predicted octanol–water partition coefficient (Wildman–Crippen LogP) is 8.75. The third-order valence-corrected chi connectivity index (χ3v) is 10.5. The number of carbonyl (C=O) groups excluding carboxylic acids is 1. The zero-order valence-corrected chi connectivity index (χ0v) is 29.6. The quantitative estimate of drug-likeness (QED) is 0.136. The van der Waals surface area contributed by atoms with Gasteiger partial charge in [-0.15, -0.1) is 13.2 Å². The van der Waals surface area contributed by atoms with Gasteiger partial charge in [-0.25, -0.2) is 9.97 Å². The number of pyridine rings is 1. The van der Waals surface area contributed by atoms with E-state index in [0.29, 0.717) is 60.6 Å². The van der Waals surface area contributed by atoms with E-state index in [1.165, 1.54) is 31.0 Å². The summed E-state index contributed by atoms with van der Waals surface area (Å²) in [5, 5.41) is 0. The number of benzene rings is 3. The second kappa shape index (κ2) is 15.1. The molecule has 0 atom stereocenters. The Labute approximate surface area is 307 Å². The minimum Gasteiger partial charge on any atom is -0.406 e. The molecule has 3 aliphatic rings. The smallest absolute Gasteiger partial charge is 0.406 e. The summed E-state index contributed by atoms with van der Waals surface area (Å²) >= 11 is 0. The Morgan fingerprint density at radius 2 is 1.42 bits per heavy atom. The van der Waals surface area contributed by atoms with Crippen LogP contribution in [-0.4, -0.2) is 68.8 Å². The second-order valence-corrected chi connectivity index (χ2v) is 14.3. The van der Waals surface area contributed by atoms with Gasteiger partial charge in [0, 0.05) is 55.6 Å². The fourth-order valence-corrected chi connectivity index (χ4v) is 7.79. The van der Waals surface area contributed by atoms with Gasteiger partial charge < -0.3 is 24.0 Å². The number of aromatic nitrogens is 3. The zero-order valence-electron chi connectivity index (χ0n) is 29.6. The van der Waals surface area contributed by atoms with Crippen LogP contribution in [0.1, 0.15) is 66.2 Å². The largest absolute Gasteiger partial charge is 0.573 e. The molecular weight excluding hydrogens is 677 g/mol. The molecule has 0 unspecified atom stereocenters. The summed E-state index contributed by atoms with van der Waals surface area (Å²) in [6.07, 6.45) is 2.92. The average Bonchev–Trinajstić information content (AvgIpc) is 3.70. The SMILES string of the molecule is O=C(c1c(-c2ccc(N(Cc3ccccc3)Cc3ccccc3)nc2)nc(-c2cccc(OC(F)(F)F)c2)n1C1CC1)N1CCC(N2CCCC2)CC1. The van der Waals surface area contributed by atoms with Crippen molar-refractivity contribution < 1.29 is 22.7 Å². The number of nitrogens with zero attached hydrogens (tertiary/aromatic N) is 6. The molecule has 4 heterocycles. The van der Waals surface area contributed by atoms with Crippen LogP contribution in [0.25, 0.3) is 22.6 Å². The van der Waals surface area contributed by atoms with Crippen LogP contribution in [0.5, 0.6) is 5.75 Å². The summed E-state index contributed by atoms with van der Waals surface area (Å²) in [6.45, 7) is 4.82. The van der Waals surface area contributed by atoms with Gasteiger partial charge in [-0.1, -0.05) is 72.8 Å². The minimum atomic E-state index is -4.83. The van der Waals surface area contributed by atoms with E-state index in [9.17, 15) is 18.0 Å². The molecule has 1 saturated carbocycles. The number of halogens is 3. The van der Waals surface area contributed by atoms with E-state index < -0.39 is 6.36 Å². The van der Waals surface area contributed by atoms with Crippen molar-refractivity contribution >= 4 is 11.7 Å². The van der Waals surface area contributed by atoms with Gasteiger partial charge in [0.25, 0.3) is 5.91 Å². The average molecular weight is 721 g/mol. The van der Waals surface area contributed by atoms with Gasteiger partial charge in [0.2, 0.25) is 0 Å². The van der Waals surface area contributed by atoms with Crippen LogP contribution in [-0.2, 0) is 13.1 Å². The van der Waals surface area contributed by atoms with Gasteiger partial charge in [-0.05, 0) is 87.0 Å². The third-order valence-electron chi connectivity index (χ3n) is 10.5. The molecule has 2 aromatic heterocycles. The Morgan fingerprint density at radius 3 is 2.00 bits per heavy atom. The normalized spacial score (nSPS) is 16.9. The molecule has 2 aliphatic heterocycles. The maximum absolute atomic E-state index is 14.7. The van der Waals surface area contributed by atoms with Crippen molar-refractivity contribution in [2.45, 2.75) is 70.1 Å². The van der Waals surface area contributed by atoms with Gasteiger partial charge in [0.15, 0.2) is 0 Å². The number of hydrogen-bond acceptors (Lipinski definition) is 6. The molecule has 1 aliphatic carbocycles. The molecule has 8 rings (SSSR count). The molecule has 0 spiro atoms. The molecule has 274 valence electrons. The van der Waals surface area contributed by atoms with Crippen molar-refractivity contribution in [2.24, 2.45) is 0 Å². The summed E-state index contributed by atoms with van der Waals surface area (Å²) in [5.41, 5.74) is 4.38. The molecule has 3 aromatic carbocycles. The van der Waals surface area contributed by atoms with Crippen molar-refractivity contribution in [2.75, 3.05) is 31.1 Å². The van der Waals surface area contributed by atoms with E-state index in [4.69, 9.17) is 9.97 Å². The molecule has 1 amide bonds. The number of imidazole rings is 1. The topological polar surface area (TPSA) is 66.7 Å². The minimum absolute atomic E-state index is 0.0130. The summed E-state index contributed by atoms with van der Waals surface area (Å²) in [7, 11) is 0. The highest BCUT2D eigenvalue weighted by Crippen LogP contribution is 2.44. The summed E-state index contributed by atoms with van der Waals surface area (Å²) in [6, 6.07) is 30.8. The van der Waals surface area contributed by atoms with Crippen molar-refractivity contribution in [3.8, 4) is 28.4 Å². The first-order chi connectivity index (χ1) is 25.8. The number of rotatable bonds is 11. The number of hydrogen-bond donors (Lipinski definition) is 0. The van der Waals surface area contributed by atoms with Gasteiger partial charge in [0.05, 0.1) is 0 Å². The van der Waals surface area contributed by atoms with E-state index in [0.717, 1.165) is 55.7 Å². The Hall–Kier alpha value is -5.16. The molecule has 11 heteroatoms. The highest BCUT2D eigenvalue weighted by Gasteiger charge is 2.38. The van der Waals surface area contributed by atoms with Crippen LogP contribution >= 0.6 is 0 Å². The highest BCUT2D eigenvalue weighted by atomic mass is 19.4. The second-order valence-electron chi connectivity index (χ2n) is 14.3. The van der Waals surface area contributed by atoms with Crippen LogP contribution in [0.15, 0.2) is 103 Å². The first-order valence-electron chi connectivity index (χ1n) is 18.6. The Kier molecular flexibility index (Phi) is 9.92. The molecular formula is C42H43F3N6O2. The molecule has 8 nitrogen and oxygen atoms in total. The number of likely N-dealkylation sites (tertiary alicyclic amines) is 2. The van der Waals surface area contributed by atoms with Gasteiger partial charge in [-0.3, -0.25) is 4.79 Å². The monoisotopic (exact) mass is 720 g/mol. The lowest BCUT2D eigenvalue weighted by Gasteiger charge is -2.36. The number of carbonyl (C=O) groups is 1. The lowest BCUT2D eigenvalue weighted by atomic mass is 10.0. The first kappa shape index (κ1) is 34.9. The third kappa shape index (κ3) is 8.10. The fraction of sp³-hybridized carbons (Fsp3) is 0.357. The molecule has 0 bridgehead atoms. The number of ether oxygens (including phenoxy) is 1. The van der Waals surface area contributed by atoms with Crippen LogP contribution < -0.4 is 9.64 Å². The van der Waals surface area contributed by atoms with Crippen LogP contribution in [0.3, 0.4) is 0 Å². The molecule has 0 radical (unpaired) electrons. The molecule has 5 aromatic rings. The van der Waals surface area contributed by atoms with Crippen LogP contribution in [0, 0.1) is 0 Å². The zero-order chi connectivity index (χ0) is 36.4. The van der Waals surface area contributed by atoms with E-state index in [-0.39, 0.29) is 17.7 Å². The Morgan fingerprint density at radius 1 is 0.755 bits per heavy atom. The molecule has 3 fully saturated rings. The highest BCUT2D eigenvalue weighted by molar-refractivity contribution is 6.00. The summed E-state index contributed by atoms with van der Waals surface area (Å²) in [4.78, 5) is 31.4. The van der Waals surface area contributed by atoms with Crippen molar-refractivity contribution in [3.05, 3.63) is 120 Å². The first-order valence-corrected chi connectivity index (χ1v) is 18.6. The lowest BCUT2D eigenvalue weighted by molar-refractivity contribution is -0.274. The standard InChI is InChI=1S/C42H43F3N6O2/c43-42(44,45)53-36-15-9-14-32(26-36)40-47-38(39(51(40)35-17-18-35)41(52)49-24-20-34(21-25-49)48-22-7-8-23-48)33-16-19-37(46-27-33)50(28-30-10-3-1-4-11-30)29-31-12-5-2-6-13-31/h1-6,9-16,19,26-27,34-35H,7-8,17-18,20-25,28-29H2.